The van der Waals surface area contributed by atoms with Crippen molar-refractivity contribution in [1.29, 1.82) is 0 Å². The smallest absolute Gasteiger partial charge is 0.171 e. The van der Waals surface area contributed by atoms with E-state index in [1.165, 1.54) is 16.0 Å². The molecule has 29 heavy (non-hydrogen) atoms. The molecule has 0 bridgehead atoms. The van der Waals surface area contributed by atoms with Crippen LogP contribution in [0, 0.1) is 0 Å². The minimum absolute atomic E-state index is 0.155. The molecule has 0 spiro atoms. The van der Waals surface area contributed by atoms with Gasteiger partial charge in [-0.05, 0) is 66.2 Å². The molecule has 0 aliphatic rings. The van der Waals surface area contributed by atoms with Gasteiger partial charge < -0.3 is 15.4 Å². The van der Waals surface area contributed by atoms with E-state index in [1.54, 1.807) is 7.11 Å². The van der Waals surface area contributed by atoms with E-state index in [1.807, 2.05) is 30.0 Å². The molecule has 3 rings (SSSR count). The monoisotopic (exact) mass is 422 g/mol. The van der Waals surface area contributed by atoms with Crippen LogP contribution >= 0.6 is 24.0 Å². The Kier molecular flexibility index (Phi) is 7.96. The third kappa shape index (κ3) is 6.51. The summed E-state index contributed by atoms with van der Waals surface area (Å²) in [6, 6.07) is 27.1. The van der Waals surface area contributed by atoms with E-state index in [0.29, 0.717) is 5.11 Å². The summed E-state index contributed by atoms with van der Waals surface area (Å²) in [4.78, 5) is 1.28. The van der Waals surface area contributed by atoms with E-state index in [9.17, 15) is 0 Å². The van der Waals surface area contributed by atoms with Crippen molar-refractivity contribution in [1.82, 2.24) is 5.32 Å². The number of benzene rings is 3. The Morgan fingerprint density at radius 1 is 0.966 bits per heavy atom. The zero-order chi connectivity index (χ0) is 20.5. The zero-order valence-electron chi connectivity index (χ0n) is 16.7. The van der Waals surface area contributed by atoms with Crippen LogP contribution in [0.4, 0.5) is 5.69 Å². The molecule has 3 aromatic rings. The molecular weight excluding hydrogens is 396 g/mol. The lowest BCUT2D eigenvalue weighted by Gasteiger charge is -2.20. The van der Waals surface area contributed by atoms with Crippen molar-refractivity contribution in [3.8, 4) is 5.75 Å². The second-order valence-corrected chi connectivity index (χ2v) is 8.09. The van der Waals surface area contributed by atoms with Crippen LogP contribution in [-0.2, 0) is 5.75 Å². The maximum absolute atomic E-state index is 5.52. The van der Waals surface area contributed by atoms with E-state index >= 15 is 0 Å². The van der Waals surface area contributed by atoms with E-state index in [2.05, 4.69) is 78.2 Å². The number of ether oxygens (including phenoxy) is 1. The molecule has 0 radical (unpaired) electrons. The van der Waals surface area contributed by atoms with Crippen LogP contribution < -0.4 is 15.4 Å². The summed E-state index contributed by atoms with van der Waals surface area (Å²) in [5.74, 6) is 1.80. The lowest BCUT2D eigenvalue weighted by Crippen LogP contribution is -2.32. The summed E-state index contributed by atoms with van der Waals surface area (Å²) < 4.78 is 5.23. The number of rotatable bonds is 8. The SMILES string of the molecule is CC[C@@H](NC(=S)Nc1ccc(CSc2ccccc2)cc1)c1ccc(OC)cc1. The Morgan fingerprint density at radius 3 is 2.28 bits per heavy atom. The molecule has 0 saturated carbocycles. The summed E-state index contributed by atoms with van der Waals surface area (Å²) in [5.41, 5.74) is 3.46. The molecule has 0 fully saturated rings. The van der Waals surface area contributed by atoms with Crippen LogP contribution in [0.2, 0.25) is 0 Å². The summed E-state index contributed by atoms with van der Waals surface area (Å²) in [5, 5.41) is 7.32. The van der Waals surface area contributed by atoms with Gasteiger partial charge in [0.1, 0.15) is 5.75 Å². The van der Waals surface area contributed by atoms with Gasteiger partial charge >= 0.3 is 0 Å². The Hall–Kier alpha value is -2.50. The molecular formula is C24H26N2OS2. The Balaban J connectivity index is 1.52. The van der Waals surface area contributed by atoms with Gasteiger partial charge in [-0.3, -0.25) is 0 Å². The van der Waals surface area contributed by atoms with Crippen molar-refractivity contribution in [2.24, 2.45) is 0 Å². The fourth-order valence-corrected chi connectivity index (χ4v) is 4.09. The lowest BCUT2D eigenvalue weighted by atomic mass is 10.0. The highest BCUT2D eigenvalue weighted by Gasteiger charge is 2.11. The number of methoxy groups -OCH3 is 1. The first-order valence-electron chi connectivity index (χ1n) is 9.66. The number of hydrogen-bond donors (Lipinski definition) is 2. The van der Waals surface area contributed by atoms with Crippen LogP contribution in [0.15, 0.2) is 83.8 Å². The van der Waals surface area contributed by atoms with Crippen LogP contribution in [0.5, 0.6) is 5.75 Å². The van der Waals surface area contributed by atoms with Crippen molar-refractivity contribution < 1.29 is 4.74 Å². The van der Waals surface area contributed by atoms with Crippen LogP contribution in [-0.4, -0.2) is 12.2 Å². The molecule has 0 aromatic heterocycles. The molecule has 0 aliphatic carbocycles. The van der Waals surface area contributed by atoms with Crippen molar-refractivity contribution in [2.75, 3.05) is 12.4 Å². The van der Waals surface area contributed by atoms with Crippen molar-refractivity contribution >= 4 is 34.8 Å². The normalized spacial score (nSPS) is 11.5. The highest BCUT2D eigenvalue weighted by Crippen LogP contribution is 2.23. The van der Waals surface area contributed by atoms with Gasteiger partial charge in [0.2, 0.25) is 0 Å². The maximum atomic E-state index is 5.52. The molecule has 0 aliphatic heterocycles. The topological polar surface area (TPSA) is 33.3 Å². The van der Waals surface area contributed by atoms with Gasteiger partial charge in [0.15, 0.2) is 5.11 Å². The standard InChI is InChI=1S/C24H26N2OS2/c1-3-23(19-11-15-21(27-2)16-12-19)26-24(28)25-20-13-9-18(10-14-20)17-29-22-7-5-4-6-8-22/h4-16,23H,3,17H2,1-2H3,(H2,25,26,28)/t23-/m1/s1. The summed E-state index contributed by atoms with van der Waals surface area (Å²) >= 11 is 7.36. The van der Waals surface area contributed by atoms with E-state index < -0.39 is 0 Å². The first-order valence-corrected chi connectivity index (χ1v) is 11.1. The molecule has 0 saturated heterocycles. The van der Waals surface area contributed by atoms with E-state index in [0.717, 1.165) is 23.6 Å². The van der Waals surface area contributed by atoms with Gasteiger partial charge in [-0.15, -0.1) is 11.8 Å². The summed E-state index contributed by atoms with van der Waals surface area (Å²) in [6.45, 7) is 2.14. The quantitative estimate of drug-likeness (QED) is 0.323. The Bertz CT molecular complexity index is 896. The van der Waals surface area contributed by atoms with E-state index in [4.69, 9.17) is 17.0 Å². The largest absolute Gasteiger partial charge is 0.497 e. The molecule has 150 valence electrons. The fourth-order valence-electron chi connectivity index (χ4n) is 2.95. The van der Waals surface area contributed by atoms with Gasteiger partial charge in [0.25, 0.3) is 0 Å². The number of nitrogens with one attached hydrogen (secondary N) is 2. The number of thioether (sulfide) groups is 1. The molecule has 0 unspecified atom stereocenters. The molecule has 0 heterocycles. The zero-order valence-corrected chi connectivity index (χ0v) is 18.4. The summed E-state index contributed by atoms with van der Waals surface area (Å²) in [7, 11) is 1.68. The van der Waals surface area contributed by atoms with Crippen LogP contribution in [0.3, 0.4) is 0 Å². The Labute approximate surface area is 182 Å². The van der Waals surface area contributed by atoms with Crippen LogP contribution in [0.25, 0.3) is 0 Å². The minimum atomic E-state index is 0.155. The van der Waals surface area contributed by atoms with E-state index in [-0.39, 0.29) is 6.04 Å². The molecule has 5 heteroatoms. The Morgan fingerprint density at radius 2 is 1.66 bits per heavy atom. The maximum Gasteiger partial charge on any atom is 0.171 e. The predicted molar refractivity (Wildman–Crippen MR) is 128 cm³/mol. The summed E-state index contributed by atoms with van der Waals surface area (Å²) in [6.07, 6.45) is 0.934. The minimum Gasteiger partial charge on any atom is -0.497 e. The molecule has 3 nitrogen and oxygen atoms in total. The first-order chi connectivity index (χ1) is 14.2. The average Bonchev–Trinajstić information content (AvgIpc) is 2.78. The highest BCUT2D eigenvalue weighted by molar-refractivity contribution is 7.98. The highest BCUT2D eigenvalue weighted by atomic mass is 32.2. The lowest BCUT2D eigenvalue weighted by molar-refractivity contribution is 0.414. The number of thiocarbonyl (C=S) groups is 1. The molecule has 3 aromatic carbocycles. The molecule has 2 N–H and O–H groups in total. The second kappa shape index (κ2) is 10.9. The first kappa shape index (κ1) is 21.2. The van der Waals surface area contributed by atoms with Gasteiger partial charge in [-0.2, -0.15) is 0 Å². The van der Waals surface area contributed by atoms with Gasteiger partial charge in [0, 0.05) is 16.3 Å². The number of hydrogen-bond acceptors (Lipinski definition) is 3. The van der Waals surface area contributed by atoms with Crippen molar-refractivity contribution in [3.05, 3.63) is 90.0 Å². The average molecular weight is 423 g/mol. The fraction of sp³-hybridized carbons (Fsp3) is 0.208. The predicted octanol–water partition coefficient (Wildman–Crippen LogP) is 6.43. The second-order valence-electron chi connectivity index (χ2n) is 6.63. The van der Waals surface area contributed by atoms with Crippen LogP contribution in [0.1, 0.15) is 30.5 Å². The third-order valence-corrected chi connectivity index (χ3v) is 5.90. The van der Waals surface area contributed by atoms with Crippen molar-refractivity contribution in [2.45, 2.75) is 30.0 Å². The molecule has 1 atom stereocenters. The molecule has 0 amide bonds. The van der Waals surface area contributed by atoms with Crippen molar-refractivity contribution in [3.63, 3.8) is 0 Å². The van der Waals surface area contributed by atoms with Gasteiger partial charge in [-0.1, -0.05) is 49.4 Å². The third-order valence-electron chi connectivity index (χ3n) is 4.59. The van der Waals surface area contributed by atoms with Gasteiger partial charge in [-0.25, -0.2) is 0 Å². The number of anilines is 1. The van der Waals surface area contributed by atoms with Gasteiger partial charge in [0.05, 0.1) is 13.2 Å².